The number of halogens is 1. The first-order chi connectivity index (χ1) is 16.5. The number of carbonyl (C=O) groups is 1. The van der Waals surface area contributed by atoms with Gasteiger partial charge in [-0.15, -0.1) is 10.2 Å². The van der Waals surface area contributed by atoms with Gasteiger partial charge in [-0.1, -0.05) is 41.6 Å². The Bertz CT molecular complexity index is 1310. The first kappa shape index (κ1) is 23.7. The van der Waals surface area contributed by atoms with Crippen molar-refractivity contribution in [3.8, 4) is 28.6 Å². The second kappa shape index (κ2) is 10.6. The Balaban J connectivity index is 1.65. The van der Waals surface area contributed by atoms with Crippen molar-refractivity contribution in [3.63, 3.8) is 0 Å². The van der Waals surface area contributed by atoms with Gasteiger partial charge in [-0.25, -0.2) is 0 Å². The molecule has 0 aliphatic rings. The van der Waals surface area contributed by atoms with Gasteiger partial charge in [-0.05, 0) is 61.0 Å². The van der Waals surface area contributed by atoms with Crippen LogP contribution in [0.25, 0.3) is 17.1 Å². The Morgan fingerprint density at radius 1 is 1.03 bits per heavy atom. The molecular weight excluding hydrogens is 472 g/mol. The second-order valence-electron chi connectivity index (χ2n) is 7.34. The number of rotatable bonds is 8. The molecule has 0 spiro atoms. The average Bonchev–Trinajstić information content (AvgIpc) is 3.28. The van der Waals surface area contributed by atoms with Crippen LogP contribution in [0.4, 0.5) is 5.69 Å². The van der Waals surface area contributed by atoms with Gasteiger partial charge in [0.25, 0.3) is 0 Å². The van der Waals surface area contributed by atoms with Gasteiger partial charge in [0.05, 0.1) is 31.2 Å². The van der Waals surface area contributed by atoms with E-state index in [2.05, 4.69) is 15.5 Å². The summed E-state index contributed by atoms with van der Waals surface area (Å²) in [5.41, 5.74) is 3.24. The number of hydrogen-bond donors (Lipinski definition) is 1. The standard InChI is InChI=1S/C25H23ClN4O3S/c1-16-8-9-17(26)14-21(16)27-23(31)15-34-25-29-28-24(20-6-4-5-7-22(20)33-3)30(25)18-10-12-19(32-2)13-11-18/h4-14H,15H2,1-3H3,(H,27,31). The third kappa shape index (κ3) is 5.18. The zero-order valence-corrected chi connectivity index (χ0v) is 20.5. The summed E-state index contributed by atoms with van der Waals surface area (Å²) in [5, 5.41) is 12.9. The molecule has 4 rings (SSSR count). The van der Waals surface area contributed by atoms with E-state index >= 15 is 0 Å². The van der Waals surface area contributed by atoms with Crippen LogP contribution in [0, 0.1) is 6.92 Å². The molecule has 0 unspecified atom stereocenters. The molecule has 1 aromatic heterocycles. The Kier molecular flexibility index (Phi) is 7.40. The van der Waals surface area contributed by atoms with Crippen molar-refractivity contribution in [2.24, 2.45) is 0 Å². The van der Waals surface area contributed by atoms with Gasteiger partial charge in [-0.2, -0.15) is 0 Å². The minimum atomic E-state index is -0.168. The van der Waals surface area contributed by atoms with Crippen LogP contribution in [-0.2, 0) is 4.79 Å². The van der Waals surface area contributed by atoms with Crippen molar-refractivity contribution in [2.45, 2.75) is 12.1 Å². The lowest BCUT2D eigenvalue weighted by atomic mass is 10.2. The highest BCUT2D eigenvalue weighted by Gasteiger charge is 2.20. The number of methoxy groups -OCH3 is 2. The van der Waals surface area contributed by atoms with Crippen LogP contribution in [0.2, 0.25) is 5.02 Å². The van der Waals surface area contributed by atoms with E-state index in [-0.39, 0.29) is 11.7 Å². The smallest absolute Gasteiger partial charge is 0.234 e. The van der Waals surface area contributed by atoms with Gasteiger partial charge in [0, 0.05) is 10.7 Å². The monoisotopic (exact) mass is 494 g/mol. The molecular formula is C25H23ClN4O3S. The molecule has 1 amide bonds. The highest BCUT2D eigenvalue weighted by atomic mass is 35.5. The number of nitrogens with one attached hydrogen (secondary N) is 1. The summed E-state index contributed by atoms with van der Waals surface area (Å²) in [6, 6.07) is 20.6. The summed E-state index contributed by atoms with van der Waals surface area (Å²) in [6.45, 7) is 1.92. The Hall–Kier alpha value is -3.49. The highest BCUT2D eigenvalue weighted by molar-refractivity contribution is 7.99. The van der Waals surface area contributed by atoms with Gasteiger partial charge in [0.1, 0.15) is 11.5 Å². The molecule has 34 heavy (non-hydrogen) atoms. The van der Waals surface area contributed by atoms with Crippen molar-refractivity contribution in [1.82, 2.24) is 14.8 Å². The Morgan fingerprint density at radius 3 is 2.53 bits per heavy atom. The molecule has 1 N–H and O–H groups in total. The average molecular weight is 495 g/mol. The number of hydrogen-bond acceptors (Lipinski definition) is 6. The number of aromatic nitrogens is 3. The van der Waals surface area contributed by atoms with Crippen LogP contribution >= 0.6 is 23.4 Å². The van der Waals surface area contributed by atoms with Crippen molar-refractivity contribution in [3.05, 3.63) is 77.3 Å². The fourth-order valence-corrected chi connectivity index (χ4v) is 4.30. The molecule has 0 radical (unpaired) electrons. The van der Waals surface area contributed by atoms with E-state index in [9.17, 15) is 4.79 Å². The van der Waals surface area contributed by atoms with Gasteiger partial charge in [-0.3, -0.25) is 9.36 Å². The largest absolute Gasteiger partial charge is 0.497 e. The van der Waals surface area contributed by atoms with E-state index < -0.39 is 0 Å². The highest BCUT2D eigenvalue weighted by Crippen LogP contribution is 2.33. The van der Waals surface area contributed by atoms with Gasteiger partial charge < -0.3 is 14.8 Å². The maximum absolute atomic E-state index is 12.7. The van der Waals surface area contributed by atoms with E-state index in [0.717, 1.165) is 22.6 Å². The Morgan fingerprint density at radius 2 is 1.79 bits per heavy atom. The van der Waals surface area contributed by atoms with Crippen LogP contribution in [0.5, 0.6) is 11.5 Å². The third-order valence-electron chi connectivity index (χ3n) is 5.12. The predicted molar refractivity (Wildman–Crippen MR) is 135 cm³/mol. The molecule has 0 atom stereocenters. The molecule has 0 bridgehead atoms. The number of aryl methyl sites for hydroxylation is 1. The number of thioether (sulfide) groups is 1. The van der Waals surface area contributed by atoms with Crippen molar-refractivity contribution >= 4 is 35.0 Å². The summed E-state index contributed by atoms with van der Waals surface area (Å²) >= 11 is 7.36. The lowest BCUT2D eigenvalue weighted by molar-refractivity contribution is -0.113. The normalized spacial score (nSPS) is 10.7. The molecule has 0 fully saturated rings. The van der Waals surface area contributed by atoms with E-state index in [4.69, 9.17) is 21.1 Å². The van der Waals surface area contributed by atoms with Gasteiger partial charge in [0.2, 0.25) is 5.91 Å². The third-order valence-corrected chi connectivity index (χ3v) is 6.28. The van der Waals surface area contributed by atoms with Crippen molar-refractivity contribution in [2.75, 3.05) is 25.3 Å². The van der Waals surface area contributed by atoms with Crippen LogP contribution in [-0.4, -0.2) is 40.6 Å². The number of benzene rings is 3. The summed E-state index contributed by atoms with van der Waals surface area (Å²) in [6.07, 6.45) is 0. The Labute approximate surface area is 207 Å². The molecule has 0 aliphatic carbocycles. The van der Waals surface area contributed by atoms with Crippen LogP contribution in [0.3, 0.4) is 0 Å². The molecule has 3 aromatic carbocycles. The van der Waals surface area contributed by atoms with E-state index in [1.807, 2.05) is 66.1 Å². The minimum absolute atomic E-state index is 0.145. The van der Waals surface area contributed by atoms with Crippen molar-refractivity contribution < 1.29 is 14.3 Å². The van der Waals surface area contributed by atoms with E-state index in [1.54, 1.807) is 26.4 Å². The molecule has 0 saturated carbocycles. The number of ether oxygens (including phenoxy) is 2. The maximum Gasteiger partial charge on any atom is 0.234 e. The van der Waals surface area contributed by atoms with Gasteiger partial charge >= 0.3 is 0 Å². The quantitative estimate of drug-likeness (QED) is 0.319. The van der Waals surface area contributed by atoms with Crippen LogP contribution in [0.15, 0.2) is 71.9 Å². The zero-order valence-electron chi connectivity index (χ0n) is 18.9. The number of nitrogens with zero attached hydrogens (tertiary/aromatic N) is 3. The molecule has 4 aromatic rings. The zero-order chi connectivity index (χ0) is 24.1. The summed E-state index contributed by atoms with van der Waals surface area (Å²) in [5.74, 6) is 2.00. The van der Waals surface area contributed by atoms with Crippen LogP contribution in [0.1, 0.15) is 5.56 Å². The fourth-order valence-electron chi connectivity index (χ4n) is 3.38. The van der Waals surface area contributed by atoms with Gasteiger partial charge in [0.15, 0.2) is 11.0 Å². The number of para-hydroxylation sites is 1. The number of anilines is 1. The van der Waals surface area contributed by atoms with Crippen LogP contribution < -0.4 is 14.8 Å². The van der Waals surface area contributed by atoms with E-state index in [1.165, 1.54) is 11.8 Å². The molecule has 0 aliphatic heterocycles. The second-order valence-corrected chi connectivity index (χ2v) is 8.71. The predicted octanol–water partition coefficient (Wildman–Crippen LogP) is 5.64. The lowest BCUT2D eigenvalue weighted by Crippen LogP contribution is -2.15. The first-order valence-corrected chi connectivity index (χ1v) is 11.8. The van der Waals surface area contributed by atoms with E-state index in [0.29, 0.717) is 27.4 Å². The fraction of sp³-hybridized carbons (Fsp3) is 0.160. The molecule has 1 heterocycles. The molecule has 174 valence electrons. The number of carbonyl (C=O) groups excluding carboxylic acids is 1. The summed E-state index contributed by atoms with van der Waals surface area (Å²) in [4.78, 5) is 12.7. The number of amides is 1. The first-order valence-electron chi connectivity index (χ1n) is 10.4. The maximum atomic E-state index is 12.7. The summed E-state index contributed by atoms with van der Waals surface area (Å²) < 4.78 is 12.7. The molecule has 9 heteroatoms. The lowest BCUT2D eigenvalue weighted by Gasteiger charge is -2.13. The summed E-state index contributed by atoms with van der Waals surface area (Å²) in [7, 11) is 3.24. The minimum Gasteiger partial charge on any atom is -0.497 e. The van der Waals surface area contributed by atoms with Crippen molar-refractivity contribution in [1.29, 1.82) is 0 Å². The SMILES string of the molecule is COc1ccc(-n2c(SCC(=O)Nc3cc(Cl)ccc3C)nnc2-c2ccccc2OC)cc1. The molecule has 0 saturated heterocycles. The topological polar surface area (TPSA) is 78.3 Å². The molecule has 7 nitrogen and oxygen atoms in total.